The number of nitrogens with zero attached hydrogens (tertiary/aromatic N) is 3. The van der Waals surface area contributed by atoms with Crippen molar-refractivity contribution in [3.05, 3.63) is 42.4 Å². The van der Waals surface area contributed by atoms with Gasteiger partial charge in [-0.3, -0.25) is 0 Å². The molecule has 0 spiro atoms. The van der Waals surface area contributed by atoms with E-state index in [0.717, 1.165) is 43.6 Å². The summed E-state index contributed by atoms with van der Waals surface area (Å²) in [6.45, 7) is 4.20. The van der Waals surface area contributed by atoms with Gasteiger partial charge >= 0.3 is 0 Å². The minimum Gasteiger partial charge on any atom is -0.317 e. The lowest BCUT2D eigenvalue weighted by atomic mass is 9.98. The van der Waals surface area contributed by atoms with Crippen LogP contribution in [-0.4, -0.2) is 34.4 Å². The van der Waals surface area contributed by atoms with E-state index < -0.39 is 0 Å². The highest BCUT2D eigenvalue weighted by Crippen LogP contribution is 2.10. The Bertz CT molecular complexity index is 517. The van der Waals surface area contributed by atoms with Crippen LogP contribution in [0.3, 0.4) is 0 Å². The molecule has 0 bridgehead atoms. The second-order valence-electron chi connectivity index (χ2n) is 5.26. The highest BCUT2D eigenvalue weighted by Gasteiger charge is 2.12. The number of hydrogen-bond acceptors (Lipinski definition) is 4. The Morgan fingerprint density at radius 3 is 2.95 bits per heavy atom. The van der Waals surface area contributed by atoms with Crippen molar-refractivity contribution < 1.29 is 0 Å². The molecule has 106 valence electrons. The van der Waals surface area contributed by atoms with Gasteiger partial charge in [0.05, 0.1) is 5.69 Å². The first-order chi connectivity index (χ1) is 9.92. The van der Waals surface area contributed by atoms with E-state index in [0.29, 0.717) is 0 Å². The van der Waals surface area contributed by atoms with Crippen LogP contribution in [0.25, 0.3) is 5.82 Å². The Morgan fingerprint density at radius 1 is 1.25 bits per heavy atom. The number of rotatable bonds is 5. The van der Waals surface area contributed by atoms with Crippen LogP contribution in [0.4, 0.5) is 0 Å². The van der Waals surface area contributed by atoms with E-state index >= 15 is 0 Å². The van der Waals surface area contributed by atoms with Crippen molar-refractivity contribution in [2.75, 3.05) is 19.6 Å². The third kappa shape index (κ3) is 3.43. The lowest BCUT2D eigenvalue weighted by Crippen LogP contribution is -2.33. The van der Waals surface area contributed by atoms with Crippen LogP contribution in [0.1, 0.15) is 18.5 Å². The molecule has 20 heavy (non-hydrogen) atoms. The fraction of sp³-hybridized carbons (Fsp3) is 0.467. The summed E-state index contributed by atoms with van der Waals surface area (Å²) >= 11 is 0. The van der Waals surface area contributed by atoms with E-state index in [1.165, 1.54) is 12.8 Å². The molecule has 0 aromatic carbocycles. The summed E-state index contributed by atoms with van der Waals surface area (Å²) in [5.74, 6) is 1.67. The maximum atomic E-state index is 4.62. The quantitative estimate of drug-likeness (QED) is 0.862. The second kappa shape index (κ2) is 6.63. The number of pyridine rings is 1. The second-order valence-corrected chi connectivity index (χ2v) is 5.26. The zero-order valence-electron chi connectivity index (χ0n) is 11.6. The summed E-state index contributed by atoms with van der Waals surface area (Å²) in [5, 5.41) is 11.1. The van der Waals surface area contributed by atoms with Crippen molar-refractivity contribution >= 4 is 0 Å². The normalized spacial score (nSPS) is 16.4. The molecule has 0 unspecified atom stereocenters. The highest BCUT2D eigenvalue weighted by molar-refractivity contribution is 5.23. The molecule has 3 heterocycles. The summed E-state index contributed by atoms with van der Waals surface area (Å²) in [7, 11) is 0. The fourth-order valence-electron chi connectivity index (χ4n) is 2.59. The zero-order valence-corrected chi connectivity index (χ0v) is 11.6. The van der Waals surface area contributed by atoms with Gasteiger partial charge < -0.3 is 10.6 Å². The molecule has 1 aliphatic rings. The van der Waals surface area contributed by atoms with Crippen molar-refractivity contribution in [1.82, 2.24) is 25.4 Å². The first-order valence-electron chi connectivity index (χ1n) is 7.29. The number of aromatic nitrogens is 3. The Morgan fingerprint density at radius 2 is 2.15 bits per heavy atom. The largest absolute Gasteiger partial charge is 0.317 e. The van der Waals surface area contributed by atoms with E-state index in [-0.39, 0.29) is 0 Å². The van der Waals surface area contributed by atoms with E-state index in [1.54, 1.807) is 10.9 Å². The van der Waals surface area contributed by atoms with Gasteiger partial charge in [-0.2, -0.15) is 5.10 Å². The number of nitrogens with one attached hydrogen (secondary N) is 2. The lowest BCUT2D eigenvalue weighted by molar-refractivity contribution is 0.356. The molecular weight excluding hydrogens is 250 g/mol. The van der Waals surface area contributed by atoms with Crippen LogP contribution in [0, 0.1) is 5.92 Å². The van der Waals surface area contributed by atoms with Crippen LogP contribution < -0.4 is 10.6 Å². The molecule has 0 atom stereocenters. The van der Waals surface area contributed by atoms with Crippen LogP contribution in [-0.2, 0) is 6.54 Å². The molecule has 0 aliphatic carbocycles. The Kier molecular flexibility index (Phi) is 4.40. The average molecular weight is 271 g/mol. The number of piperidine rings is 1. The number of hydrogen-bond donors (Lipinski definition) is 2. The molecule has 3 rings (SSSR count). The van der Waals surface area contributed by atoms with E-state index in [9.17, 15) is 0 Å². The van der Waals surface area contributed by atoms with Gasteiger partial charge in [-0.15, -0.1) is 0 Å². The highest BCUT2D eigenvalue weighted by atomic mass is 15.3. The zero-order chi connectivity index (χ0) is 13.6. The van der Waals surface area contributed by atoms with Gasteiger partial charge in [0.25, 0.3) is 0 Å². The third-order valence-electron chi connectivity index (χ3n) is 3.73. The topological polar surface area (TPSA) is 54.8 Å². The molecule has 0 radical (unpaired) electrons. The van der Waals surface area contributed by atoms with Crippen LogP contribution in [0.2, 0.25) is 0 Å². The fourth-order valence-corrected chi connectivity index (χ4v) is 2.59. The molecule has 5 heteroatoms. The third-order valence-corrected chi connectivity index (χ3v) is 3.73. The minimum absolute atomic E-state index is 0.797. The van der Waals surface area contributed by atoms with Gasteiger partial charge in [-0.1, -0.05) is 6.07 Å². The van der Waals surface area contributed by atoms with Gasteiger partial charge in [0, 0.05) is 18.9 Å². The van der Waals surface area contributed by atoms with Gasteiger partial charge in [-0.25, -0.2) is 9.67 Å². The molecule has 2 N–H and O–H groups in total. The van der Waals surface area contributed by atoms with Crippen molar-refractivity contribution in [1.29, 1.82) is 0 Å². The first-order valence-corrected chi connectivity index (χ1v) is 7.29. The van der Waals surface area contributed by atoms with Gasteiger partial charge in [-0.05, 0) is 56.6 Å². The molecule has 1 fully saturated rings. The van der Waals surface area contributed by atoms with E-state index in [1.807, 2.05) is 24.4 Å². The average Bonchev–Trinajstić information content (AvgIpc) is 3.03. The van der Waals surface area contributed by atoms with Crippen LogP contribution >= 0.6 is 0 Å². The van der Waals surface area contributed by atoms with Crippen molar-refractivity contribution in [2.24, 2.45) is 5.92 Å². The standard InChI is InChI=1S/C15H21N5/c1-3-14(12-17-11-13-5-8-16-9-6-13)19-15(4-1)20-10-2-7-18-20/h1-4,7,10,13,16-17H,5-6,8-9,11-12H2. The molecule has 1 saturated heterocycles. The predicted octanol–water partition coefficient (Wildman–Crippen LogP) is 1.36. The maximum Gasteiger partial charge on any atom is 0.153 e. The maximum absolute atomic E-state index is 4.62. The molecule has 1 aliphatic heterocycles. The molecular formula is C15H21N5. The Balaban J connectivity index is 1.53. The van der Waals surface area contributed by atoms with Crippen LogP contribution in [0.15, 0.2) is 36.7 Å². The summed E-state index contributed by atoms with van der Waals surface area (Å²) in [4.78, 5) is 4.62. The van der Waals surface area contributed by atoms with Gasteiger partial charge in [0.2, 0.25) is 0 Å². The first kappa shape index (κ1) is 13.3. The van der Waals surface area contributed by atoms with Crippen molar-refractivity contribution in [3.63, 3.8) is 0 Å². The lowest BCUT2D eigenvalue weighted by Gasteiger charge is -2.22. The smallest absolute Gasteiger partial charge is 0.153 e. The summed E-state index contributed by atoms with van der Waals surface area (Å²) in [6, 6.07) is 7.97. The minimum atomic E-state index is 0.797. The molecule has 2 aromatic rings. The Hall–Kier alpha value is -1.72. The summed E-state index contributed by atoms with van der Waals surface area (Å²) in [5.41, 5.74) is 1.06. The Labute approximate surface area is 119 Å². The van der Waals surface area contributed by atoms with Crippen molar-refractivity contribution in [2.45, 2.75) is 19.4 Å². The van der Waals surface area contributed by atoms with Crippen molar-refractivity contribution in [3.8, 4) is 5.82 Å². The molecule has 0 amide bonds. The van der Waals surface area contributed by atoms with Gasteiger partial charge in [0.1, 0.15) is 0 Å². The molecule has 2 aromatic heterocycles. The van der Waals surface area contributed by atoms with E-state index in [4.69, 9.17) is 0 Å². The monoisotopic (exact) mass is 271 g/mol. The molecule has 0 saturated carbocycles. The summed E-state index contributed by atoms with van der Waals surface area (Å²) < 4.78 is 1.79. The summed E-state index contributed by atoms with van der Waals surface area (Å²) in [6.07, 6.45) is 6.22. The van der Waals surface area contributed by atoms with Crippen LogP contribution in [0.5, 0.6) is 0 Å². The molecule has 5 nitrogen and oxygen atoms in total. The van der Waals surface area contributed by atoms with E-state index in [2.05, 4.69) is 26.8 Å². The SMILES string of the molecule is c1cc(CNCC2CCNCC2)nc(-n2cccn2)c1. The van der Waals surface area contributed by atoms with Gasteiger partial charge in [0.15, 0.2) is 5.82 Å². The predicted molar refractivity (Wildman–Crippen MR) is 78.7 cm³/mol.